The van der Waals surface area contributed by atoms with Gasteiger partial charge in [0.2, 0.25) is 17.3 Å². The van der Waals surface area contributed by atoms with Crippen LogP contribution in [0.4, 0.5) is 0 Å². The number of nitrogens with zero attached hydrogens (tertiary/aromatic N) is 3. The molecule has 32 heavy (non-hydrogen) atoms. The van der Waals surface area contributed by atoms with Crippen LogP contribution >= 0.6 is 0 Å². The van der Waals surface area contributed by atoms with E-state index in [2.05, 4.69) is 43.2 Å². The molecule has 0 unspecified atom stereocenters. The summed E-state index contributed by atoms with van der Waals surface area (Å²) in [4.78, 5) is 26.1. The minimum atomic E-state index is -0.376. The third-order valence-corrected chi connectivity index (χ3v) is 7.12. The fourth-order valence-electron chi connectivity index (χ4n) is 5.03. The summed E-state index contributed by atoms with van der Waals surface area (Å²) in [5.41, 5.74) is 3.57. The molecule has 0 amide bonds. The molecule has 3 aromatic rings. The molecule has 0 atom stereocenters. The van der Waals surface area contributed by atoms with Gasteiger partial charge in [0.1, 0.15) is 0 Å². The maximum atomic E-state index is 13.0. The Morgan fingerprint density at radius 1 is 1.00 bits per heavy atom. The summed E-state index contributed by atoms with van der Waals surface area (Å²) in [6, 6.07) is 15.2. The zero-order chi connectivity index (χ0) is 22.5. The van der Waals surface area contributed by atoms with Gasteiger partial charge in [0.05, 0.1) is 6.54 Å². The molecule has 5 rings (SSSR count). The first-order valence-corrected chi connectivity index (χ1v) is 11.3. The minimum Gasteiger partial charge on any atom is -0.571 e. The number of ketones is 2. The SMILES string of the molecule is CC1(C)CCC(c2ccc(CCn3c4c(n[n+]3[O-])C(=O)c3ccccc3C4=O)cc2)CC1. The highest BCUT2D eigenvalue weighted by molar-refractivity contribution is 6.26. The highest BCUT2D eigenvalue weighted by Crippen LogP contribution is 2.42. The van der Waals surface area contributed by atoms with Gasteiger partial charge < -0.3 is 5.21 Å². The molecule has 1 aromatic heterocycles. The Hall–Kier alpha value is -3.28. The Bertz CT molecular complexity index is 1200. The molecule has 0 bridgehead atoms. The Balaban J connectivity index is 1.33. The smallest absolute Gasteiger partial charge is 0.220 e. The van der Waals surface area contributed by atoms with Gasteiger partial charge in [-0.3, -0.25) is 9.59 Å². The maximum absolute atomic E-state index is 13.0. The average Bonchev–Trinajstić information content (AvgIpc) is 3.13. The molecule has 0 radical (unpaired) electrons. The first-order valence-electron chi connectivity index (χ1n) is 11.3. The number of rotatable bonds is 4. The largest absolute Gasteiger partial charge is 0.571 e. The van der Waals surface area contributed by atoms with Crippen molar-refractivity contribution in [1.29, 1.82) is 0 Å². The van der Waals surface area contributed by atoms with Crippen LogP contribution in [0.25, 0.3) is 0 Å². The van der Waals surface area contributed by atoms with E-state index in [4.69, 9.17) is 0 Å². The highest BCUT2D eigenvalue weighted by atomic mass is 16.5. The van der Waals surface area contributed by atoms with Crippen LogP contribution in [0.1, 0.15) is 88.7 Å². The molecule has 2 aromatic carbocycles. The van der Waals surface area contributed by atoms with Crippen LogP contribution in [-0.4, -0.2) is 21.3 Å². The summed E-state index contributed by atoms with van der Waals surface area (Å²) < 4.78 is 1.28. The molecule has 6 heteroatoms. The van der Waals surface area contributed by atoms with Crippen molar-refractivity contribution < 1.29 is 14.5 Å². The first-order chi connectivity index (χ1) is 15.3. The topological polar surface area (TPSA) is 78.9 Å². The average molecular weight is 430 g/mol. The van der Waals surface area contributed by atoms with E-state index in [-0.39, 0.29) is 29.5 Å². The van der Waals surface area contributed by atoms with Crippen LogP contribution in [-0.2, 0) is 13.0 Å². The second-order valence-electron chi connectivity index (χ2n) is 9.81. The van der Waals surface area contributed by atoms with E-state index in [1.54, 1.807) is 24.3 Å². The van der Waals surface area contributed by atoms with Gasteiger partial charge in [-0.15, -0.1) is 4.68 Å². The monoisotopic (exact) mass is 429 g/mol. The van der Waals surface area contributed by atoms with Crippen molar-refractivity contribution in [3.63, 3.8) is 0 Å². The second-order valence-corrected chi connectivity index (χ2v) is 9.81. The van der Waals surface area contributed by atoms with E-state index in [0.29, 0.717) is 33.8 Å². The van der Waals surface area contributed by atoms with Crippen LogP contribution in [0, 0.1) is 10.6 Å². The van der Waals surface area contributed by atoms with Gasteiger partial charge in [-0.2, -0.15) is 0 Å². The van der Waals surface area contributed by atoms with Crippen molar-refractivity contribution in [3.05, 3.63) is 87.4 Å². The number of carbonyl (C=O) groups is 2. The van der Waals surface area contributed by atoms with E-state index in [9.17, 15) is 14.8 Å². The quantitative estimate of drug-likeness (QED) is 0.359. The first kappa shape index (κ1) is 20.6. The Labute approximate surface area is 187 Å². The predicted octanol–water partition coefficient (Wildman–Crippen LogP) is 4.22. The highest BCUT2D eigenvalue weighted by Gasteiger charge is 2.39. The van der Waals surface area contributed by atoms with Crippen molar-refractivity contribution >= 4 is 11.6 Å². The number of hydrogen-bond donors (Lipinski definition) is 0. The number of carbonyl (C=O) groups excluding carboxylic acids is 2. The lowest BCUT2D eigenvalue weighted by atomic mass is 9.71. The zero-order valence-corrected chi connectivity index (χ0v) is 18.5. The lowest BCUT2D eigenvalue weighted by Gasteiger charge is -2.34. The van der Waals surface area contributed by atoms with Crippen molar-refractivity contribution in [2.75, 3.05) is 0 Å². The Kier molecular flexibility index (Phi) is 4.96. The van der Waals surface area contributed by atoms with Gasteiger partial charge in [-0.1, -0.05) is 62.4 Å². The molecule has 0 aliphatic heterocycles. The number of aryl methyl sites for hydroxylation is 1. The Morgan fingerprint density at radius 2 is 1.62 bits per heavy atom. The number of fused-ring (bicyclic) bond motifs is 2. The van der Waals surface area contributed by atoms with Gasteiger partial charge in [-0.05, 0) is 54.6 Å². The van der Waals surface area contributed by atoms with Gasteiger partial charge in [0, 0.05) is 21.2 Å². The van der Waals surface area contributed by atoms with E-state index >= 15 is 0 Å². The maximum Gasteiger partial charge on any atom is 0.220 e. The normalized spacial score (nSPS) is 17.8. The molecular weight excluding hydrogens is 402 g/mol. The number of benzene rings is 2. The summed E-state index contributed by atoms with van der Waals surface area (Å²) in [5.74, 6) is -0.0864. The van der Waals surface area contributed by atoms with E-state index < -0.39 is 0 Å². The third kappa shape index (κ3) is 3.53. The number of aromatic nitrogens is 3. The lowest BCUT2D eigenvalue weighted by molar-refractivity contribution is -0.749. The van der Waals surface area contributed by atoms with Crippen molar-refractivity contribution in [1.82, 2.24) is 9.78 Å². The molecule has 0 saturated heterocycles. The Morgan fingerprint density at radius 3 is 2.28 bits per heavy atom. The van der Waals surface area contributed by atoms with Gasteiger partial charge in [0.25, 0.3) is 0 Å². The molecule has 0 N–H and O–H groups in total. The summed E-state index contributed by atoms with van der Waals surface area (Å²) in [5, 5.41) is 16.3. The van der Waals surface area contributed by atoms with Crippen LogP contribution in [0.5, 0.6) is 0 Å². The van der Waals surface area contributed by atoms with Gasteiger partial charge >= 0.3 is 0 Å². The molecule has 164 valence electrons. The van der Waals surface area contributed by atoms with E-state index in [0.717, 1.165) is 5.56 Å². The van der Waals surface area contributed by atoms with Crippen LogP contribution in [0.3, 0.4) is 0 Å². The summed E-state index contributed by atoms with van der Waals surface area (Å²) in [7, 11) is 0. The number of hydrogen-bond acceptors (Lipinski definition) is 4. The third-order valence-electron chi connectivity index (χ3n) is 7.12. The van der Waals surface area contributed by atoms with E-state index in [1.807, 2.05) is 0 Å². The van der Waals surface area contributed by atoms with Gasteiger partial charge in [0.15, 0.2) is 5.69 Å². The second kappa shape index (κ2) is 7.69. The lowest BCUT2D eigenvalue weighted by Crippen LogP contribution is -2.41. The molecule has 1 heterocycles. The van der Waals surface area contributed by atoms with E-state index in [1.165, 1.54) is 35.9 Å². The molecular formula is C26H27N3O3. The van der Waals surface area contributed by atoms with Gasteiger partial charge in [-0.25, -0.2) is 0 Å². The van der Waals surface area contributed by atoms with Crippen LogP contribution in [0.15, 0.2) is 48.5 Å². The predicted molar refractivity (Wildman–Crippen MR) is 120 cm³/mol. The molecule has 6 nitrogen and oxygen atoms in total. The molecule has 1 saturated carbocycles. The zero-order valence-electron chi connectivity index (χ0n) is 18.5. The van der Waals surface area contributed by atoms with Crippen molar-refractivity contribution in [3.8, 4) is 0 Å². The summed E-state index contributed by atoms with van der Waals surface area (Å²) >= 11 is 0. The molecule has 2 aliphatic rings. The van der Waals surface area contributed by atoms with Crippen LogP contribution < -0.4 is 4.96 Å². The van der Waals surface area contributed by atoms with Crippen molar-refractivity contribution in [2.24, 2.45) is 5.41 Å². The molecule has 2 aliphatic carbocycles. The summed E-state index contributed by atoms with van der Waals surface area (Å²) in [6.45, 7) is 4.98. The summed E-state index contributed by atoms with van der Waals surface area (Å²) in [6.07, 6.45) is 5.53. The van der Waals surface area contributed by atoms with Crippen molar-refractivity contribution in [2.45, 2.75) is 58.4 Å². The fraction of sp³-hybridized carbons (Fsp3) is 0.385. The fourth-order valence-corrected chi connectivity index (χ4v) is 5.03. The molecule has 1 fully saturated rings. The molecule has 0 spiro atoms. The van der Waals surface area contributed by atoms with Crippen LogP contribution in [0.2, 0.25) is 0 Å². The minimum absolute atomic E-state index is 0.0562. The standard InChI is InChI=1S/C26H27N3O3/c1-26(2)14-11-19(12-15-26)18-9-7-17(8-10-18)13-16-28-23-22(27-29(28)32)24(30)20-5-3-4-6-21(20)25(23)31/h3-10,19H,11-16H2,1-2H3.